The van der Waals surface area contributed by atoms with Crippen molar-refractivity contribution in [3.63, 3.8) is 0 Å². The predicted octanol–water partition coefficient (Wildman–Crippen LogP) is 5.10. The summed E-state index contributed by atoms with van der Waals surface area (Å²) in [5.74, 6) is 0.934. The van der Waals surface area contributed by atoms with Crippen molar-refractivity contribution in [3.8, 4) is 11.1 Å². The van der Waals surface area contributed by atoms with Gasteiger partial charge in [-0.3, -0.25) is 0 Å². The van der Waals surface area contributed by atoms with Gasteiger partial charge in [0, 0.05) is 42.7 Å². The van der Waals surface area contributed by atoms with Crippen molar-refractivity contribution in [2.75, 3.05) is 18.0 Å². The number of aromatic nitrogens is 3. The third-order valence-electron chi connectivity index (χ3n) is 6.80. The van der Waals surface area contributed by atoms with E-state index >= 15 is 0 Å². The fourth-order valence-electron chi connectivity index (χ4n) is 5.08. The zero-order valence-electron chi connectivity index (χ0n) is 16.1. The minimum atomic E-state index is 0.317. The number of nitrogens with two attached hydrogens (primary N) is 1. The molecule has 2 fully saturated rings. The Bertz CT molecular complexity index is 1060. The molecule has 5 nitrogen and oxygen atoms in total. The second-order valence-electron chi connectivity index (χ2n) is 8.23. The number of anilines is 1. The highest BCUT2D eigenvalue weighted by molar-refractivity contribution is 6.43. The molecular weight excluding hydrogens is 405 g/mol. The summed E-state index contributed by atoms with van der Waals surface area (Å²) in [4.78, 5) is 16.0. The van der Waals surface area contributed by atoms with Crippen molar-refractivity contribution in [2.24, 2.45) is 11.1 Å². The van der Waals surface area contributed by atoms with Crippen LogP contribution in [0, 0.1) is 5.41 Å². The second kappa shape index (κ2) is 7.38. The van der Waals surface area contributed by atoms with Crippen LogP contribution in [-0.2, 0) is 0 Å². The van der Waals surface area contributed by atoms with Crippen LogP contribution in [0.25, 0.3) is 22.0 Å². The summed E-state index contributed by atoms with van der Waals surface area (Å²) in [7, 11) is 0. The smallest absolute Gasteiger partial charge is 0.139 e. The Morgan fingerprint density at radius 2 is 1.86 bits per heavy atom. The molecule has 29 heavy (non-hydrogen) atoms. The number of nitrogens with zero attached hydrogens (tertiary/aromatic N) is 4. The maximum Gasteiger partial charge on any atom is 0.139 e. The van der Waals surface area contributed by atoms with E-state index < -0.39 is 0 Å². The lowest BCUT2D eigenvalue weighted by Gasteiger charge is -2.42. The van der Waals surface area contributed by atoms with Gasteiger partial charge in [0.25, 0.3) is 0 Å². The Labute approximate surface area is 180 Å². The van der Waals surface area contributed by atoms with Crippen LogP contribution in [0.1, 0.15) is 32.1 Å². The van der Waals surface area contributed by atoms with Crippen molar-refractivity contribution in [1.29, 1.82) is 0 Å². The topological polar surface area (TPSA) is 67.9 Å². The molecule has 2 aromatic heterocycles. The van der Waals surface area contributed by atoms with Crippen molar-refractivity contribution in [1.82, 2.24) is 15.0 Å². The van der Waals surface area contributed by atoms with Crippen molar-refractivity contribution < 1.29 is 0 Å². The van der Waals surface area contributed by atoms with Gasteiger partial charge in [-0.1, -0.05) is 41.8 Å². The van der Waals surface area contributed by atoms with Gasteiger partial charge in [0.05, 0.1) is 20.9 Å². The van der Waals surface area contributed by atoms with Crippen LogP contribution < -0.4 is 10.6 Å². The Hall–Kier alpha value is -1.95. The molecule has 1 saturated heterocycles. The van der Waals surface area contributed by atoms with E-state index in [-0.39, 0.29) is 0 Å². The number of fused-ring (bicyclic) bond motifs is 1. The average Bonchev–Trinajstić information content (AvgIpc) is 3.10. The summed E-state index contributed by atoms with van der Waals surface area (Å²) in [6, 6.07) is 5.95. The molecule has 1 aliphatic carbocycles. The third-order valence-corrected chi connectivity index (χ3v) is 7.62. The largest absolute Gasteiger partial charge is 0.356 e. The fraction of sp³-hybridized carbons (Fsp3) is 0.409. The molecule has 0 radical (unpaired) electrons. The molecule has 2 N–H and O–H groups in total. The van der Waals surface area contributed by atoms with Crippen molar-refractivity contribution >= 4 is 39.9 Å². The van der Waals surface area contributed by atoms with Gasteiger partial charge in [-0.25, -0.2) is 15.0 Å². The summed E-state index contributed by atoms with van der Waals surface area (Å²) in [5.41, 5.74) is 9.30. The zero-order chi connectivity index (χ0) is 20.0. The Balaban J connectivity index is 1.53. The predicted molar refractivity (Wildman–Crippen MR) is 118 cm³/mol. The van der Waals surface area contributed by atoms with E-state index in [1.807, 2.05) is 24.5 Å². The maximum absolute atomic E-state index is 6.47. The fourth-order valence-corrected chi connectivity index (χ4v) is 5.48. The van der Waals surface area contributed by atoms with Gasteiger partial charge >= 0.3 is 0 Å². The van der Waals surface area contributed by atoms with Crippen LogP contribution in [-0.4, -0.2) is 34.1 Å². The zero-order valence-corrected chi connectivity index (χ0v) is 17.6. The van der Waals surface area contributed by atoms with E-state index in [1.54, 1.807) is 12.4 Å². The number of hydrogen-bond donors (Lipinski definition) is 1. The number of rotatable bonds is 2. The monoisotopic (exact) mass is 427 g/mol. The molecule has 7 heteroatoms. The molecule has 5 rings (SSSR count). The summed E-state index contributed by atoms with van der Waals surface area (Å²) in [6.45, 7) is 1.92. The summed E-state index contributed by atoms with van der Waals surface area (Å²) in [6.07, 6.45) is 11.2. The molecule has 3 aromatic rings. The molecule has 0 bridgehead atoms. The number of piperidine rings is 1. The number of hydrogen-bond acceptors (Lipinski definition) is 5. The quantitative estimate of drug-likeness (QED) is 0.616. The molecule has 0 amide bonds. The first-order valence-corrected chi connectivity index (χ1v) is 10.9. The lowest BCUT2D eigenvalue weighted by atomic mass is 9.74. The molecule has 1 atom stereocenters. The molecular formula is C22H23Cl2N5. The van der Waals surface area contributed by atoms with Gasteiger partial charge in [0.2, 0.25) is 0 Å². The highest BCUT2D eigenvalue weighted by Gasteiger charge is 2.43. The van der Waals surface area contributed by atoms with E-state index in [0.717, 1.165) is 60.2 Å². The van der Waals surface area contributed by atoms with E-state index in [4.69, 9.17) is 33.9 Å². The van der Waals surface area contributed by atoms with Crippen LogP contribution in [0.5, 0.6) is 0 Å². The number of benzene rings is 1. The van der Waals surface area contributed by atoms with E-state index in [0.29, 0.717) is 21.5 Å². The number of halogens is 2. The molecule has 1 aromatic carbocycles. The molecule has 3 heterocycles. The Kier molecular flexibility index (Phi) is 4.85. The van der Waals surface area contributed by atoms with Gasteiger partial charge < -0.3 is 10.6 Å². The summed E-state index contributed by atoms with van der Waals surface area (Å²) < 4.78 is 0. The van der Waals surface area contributed by atoms with Gasteiger partial charge in [-0.05, 0) is 37.2 Å². The van der Waals surface area contributed by atoms with Crippen LogP contribution in [0.15, 0.2) is 36.9 Å². The third kappa shape index (κ3) is 3.16. The highest BCUT2D eigenvalue weighted by Crippen LogP contribution is 2.46. The molecule has 1 spiro atoms. The summed E-state index contributed by atoms with van der Waals surface area (Å²) in [5, 5.41) is 1.97. The first-order chi connectivity index (χ1) is 14.1. The lowest BCUT2D eigenvalue weighted by molar-refractivity contribution is 0.197. The van der Waals surface area contributed by atoms with Gasteiger partial charge in [0.15, 0.2) is 0 Å². The second-order valence-corrected chi connectivity index (χ2v) is 9.02. The van der Waals surface area contributed by atoms with Crippen LogP contribution >= 0.6 is 23.2 Å². The van der Waals surface area contributed by atoms with Crippen molar-refractivity contribution in [3.05, 3.63) is 47.0 Å². The van der Waals surface area contributed by atoms with E-state index in [2.05, 4.69) is 14.9 Å². The molecule has 2 aliphatic rings. The van der Waals surface area contributed by atoms with E-state index in [1.165, 1.54) is 12.8 Å². The lowest BCUT2D eigenvalue weighted by Crippen LogP contribution is -2.47. The number of pyridine rings is 1. The molecule has 1 saturated carbocycles. The minimum Gasteiger partial charge on any atom is -0.356 e. The van der Waals surface area contributed by atoms with Crippen LogP contribution in [0.3, 0.4) is 0 Å². The molecule has 1 aliphatic heterocycles. The van der Waals surface area contributed by atoms with E-state index in [9.17, 15) is 0 Å². The first kappa shape index (κ1) is 19.0. The molecule has 0 unspecified atom stereocenters. The van der Waals surface area contributed by atoms with Gasteiger partial charge in [-0.15, -0.1) is 0 Å². The SMILES string of the molecule is N[C@@H]1CCCC12CCN(c1ncc(-c3cccc(Cl)c3Cl)c3ncncc13)CC2. The normalized spacial score (nSPS) is 21.2. The Morgan fingerprint density at radius 1 is 1.03 bits per heavy atom. The Morgan fingerprint density at radius 3 is 2.62 bits per heavy atom. The average molecular weight is 428 g/mol. The van der Waals surface area contributed by atoms with Gasteiger partial charge in [-0.2, -0.15) is 0 Å². The van der Waals surface area contributed by atoms with Gasteiger partial charge in [0.1, 0.15) is 12.1 Å². The summed E-state index contributed by atoms with van der Waals surface area (Å²) >= 11 is 12.7. The first-order valence-electron chi connectivity index (χ1n) is 10.1. The molecule has 150 valence electrons. The minimum absolute atomic E-state index is 0.317. The standard InChI is InChI=1S/C22H23Cl2N5/c23-17-4-1-3-14(19(17)24)15-12-27-21(16-11-26-13-28-20(15)16)29-9-7-22(8-10-29)6-2-5-18(22)25/h1,3-4,11-13,18H,2,5-10,25H2/t18-/m1/s1. The maximum atomic E-state index is 6.47. The van der Waals surface area contributed by atoms with Crippen LogP contribution in [0.2, 0.25) is 10.0 Å². The highest BCUT2D eigenvalue weighted by atomic mass is 35.5. The van der Waals surface area contributed by atoms with Crippen LogP contribution in [0.4, 0.5) is 5.82 Å². The van der Waals surface area contributed by atoms with Crippen molar-refractivity contribution in [2.45, 2.75) is 38.1 Å².